The van der Waals surface area contributed by atoms with E-state index in [2.05, 4.69) is 0 Å². The summed E-state index contributed by atoms with van der Waals surface area (Å²) in [5.41, 5.74) is 3.35. The van der Waals surface area contributed by atoms with Gasteiger partial charge >= 0.3 is 12.1 Å². The van der Waals surface area contributed by atoms with Gasteiger partial charge in [0, 0.05) is 29.9 Å². The Kier molecular flexibility index (Phi) is 18.3. The molecule has 20 heteroatoms. The molecule has 6 heterocycles. The van der Waals surface area contributed by atoms with Gasteiger partial charge < -0.3 is 71.1 Å². The number of ether oxygens (including phenoxy) is 15. The van der Waals surface area contributed by atoms with Crippen LogP contribution >= 0.6 is 0 Å². The molecule has 436 valence electrons. The summed E-state index contributed by atoms with van der Waals surface area (Å²) in [6, 6.07) is 44.9. The first kappa shape index (κ1) is 57.6. The normalized spacial score (nSPS) is 32.5. The van der Waals surface area contributed by atoms with Gasteiger partial charge in [0.25, 0.3) is 5.69 Å². The van der Waals surface area contributed by atoms with Gasteiger partial charge in [-0.05, 0) is 63.6 Å². The van der Waals surface area contributed by atoms with Crippen molar-refractivity contribution < 1.29 is 85.6 Å². The lowest BCUT2D eigenvalue weighted by atomic mass is 9.94. The Morgan fingerprint density at radius 1 is 0.549 bits per heavy atom. The summed E-state index contributed by atoms with van der Waals surface area (Å²) >= 11 is 0. The number of nitrogens with zero attached hydrogens (tertiary/aromatic N) is 1. The van der Waals surface area contributed by atoms with Crippen LogP contribution in [0.4, 0.5) is 10.5 Å². The number of hydrogen-bond acceptors (Lipinski definition) is 19. The quantitative estimate of drug-likeness (QED) is 0.0307. The van der Waals surface area contributed by atoms with Crippen LogP contribution in [-0.2, 0) is 95.5 Å². The Morgan fingerprint density at radius 3 is 1.65 bits per heavy atom. The fourth-order valence-corrected chi connectivity index (χ4v) is 10.9. The summed E-state index contributed by atoms with van der Waals surface area (Å²) in [7, 11) is 0. The van der Waals surface area contributed by atoms with Crippen LogP contribution in [0.1, 0.15) is 80.9 Å². The highest BCUT2D eigenvalue weighted by atomic mass is 16.8. The minimum absolute atomic E-state index is 0.0155. The summed E-state index contributed by atoms with van der Waals surface area (Å²) < 4.78 is 98.8. The van der Waals surface area contributed by atoms with Crippen molar-refractivity contribution in [3.63, 3.8) is 0 Å². The highest BCUT2D eigenvalue weighted by Crippen LogP contribution is 2.43. The fourth-order valence-electron chi connectivity index (χ4n) is 10.9. The Hall–Kier alpha value is -6.24. The average molecular weight is 1130 g/mol. The van der Waals surface area contributed by atoms with Gasteiger partial charge in [-0.3, -0.25) is 14.9 Å². The van der Waals surface area contributed by atoms with Crippen LogP contribution in [0.5, 0.6) is 0 Å². The number of carbonyl (C=O) groups is 2. The Labute approximate surface area is 475 Å². The van der Waals surface area contributed by atoms with Crippen molar-refractivity contribution in [2.75, 3.05) is 19.8 Å². The molecule has 0 aromatic heterocycles. The summed E-state index contributed by atoms with van der Waals surface area (Å²) in [6.07, 6.45) is -16.0. The second-order valence-electron chi connectivity index (χ2n) is 22.2. The molecule has 5 aromatic rings. The molecule has 5 aromatic carbocycles. The largest absolute Gasteiger partial charge is 0.509 e. The molecule has 82 heavy (non-hydrogen) atoms. The van der Waals surface area contributed by atoms with E-state index in [0.29, 0.717) is 19.3 Å². The zero-order valence-electron chi connectivity index (χ0n) is 46.0. The van der Waals surface area contributed by atoms with E-state index in [1.54, 1.807) is 39.8 Å². The smallest absolute Gasteiger partial charge is 0.454 e. The zero-order chi connectivity index (χ0) is 56.7. The number of non-ortho nitro benzene ring substituents is 1. The molecule has 0 N–H and O–H groups in total. The molecule has 6 fully saturated rings. The van der Waals surface area contributed by atoms with Crippen LogP contribution in [-0.4, -0.2) is 129 Å². The summed E-state index contributed by atoms with van der Waals surface area (Å²) in [5, 5.41) is 11.2. The monoisotopic (exact) mass is 1130 g/mol. The number of esters is 1. The second-order valence-corrected chi connectivity index (χ2v) is 22.2. The zero-order valence-corrected chi connectivity index (χ0v) is 46.0. The van der Waals surface area contributed by atoms with Gasteiger partial charge in [0.1, 0.15) is 48.8 Å². The minimum Gasteiger partial charge on any atom is -0.454 e. The number of fused-ring (bicyclic) bond motifs is 3. The van der Waals surface area contributed by atoms with E-state index < -0.39 is 127 Å². The van der Waals surface area contributed by atoms with E-state index in [0.717, 1.165) is 27.8 Å². The standard InChI is InChI=1S/C62H69NO19/c1-37-46(76-58-52(70-34-40-22-11-6-12-23-40)49(69-33-39-20-9-5-10-21-39)47-44(75-58)35-71-55(77-47)41-24-13-7-14-25-41)50-54(82-61(65)81-50)59(73-37)79-51-48-45(36-72-56(78-48)42-26-15-8-16-27-42)74-57(53(51)80-60(64)62(2,3)4)68-32-18-17-19-38-28-30-43(31-29-38)63(66)67/h5-16,20-31,37,44-59H,17-19,32-36H2,1-4H3/t37-,44+,45+,46-,47+,48-,49-,50+,51-,52-,53+,54+,55+,56-,57+,58-,59-/m0/s1. The average Bonchev–Trinajstić information content (AvgIpc) is 3.71. The van der Waals surface area contributed by atoms with Gasteiger partial charge in [-0.15, -0.1) is 0 Å². The summed E-state index contributed by atoms with van der Waals surface area (Å²) in [4.78, 5) is 38.4. The molecule has 6 saturated heterocycles. The fraction of sp³-hybridized carbons (Fsp3) is 0.484. The molecule has 11 rings (SSSR count). The Balaban J connectivity index is 0.865. The van der Waals surface area contributed by atoms with Crippen molar-refractivity contribution in [1.82, 2.24) is 0 Å². The lowest BCUT2D eigenvalue weighted by Crippen LogP contribution is -2.67. The molecule has 0 aliphatic carbocycles. The Morgan fingerprint density at radius 2 is 1.07 bits per heavy atom. The first-order valence-electron chi connectivity index (χ1n) is 28.0. The molecule has 20 nitrogen and oxygen atoms in total. The van der Waals surface area contributed by atoms with Crippen molar-refractivity contribution in [2.45, 2.75) is 165 Å². The van der Waals surface area contributed by atoms with E-state index in [9.17, 15) is 19.7 Å². The highest BCUT2D eigenvalue weighted by Gasteiger charge is 2.61. The highest BCUT2D eigenvalue weighted by molar-refractivity contribution is 5.75. The van der Waals surface area contributed by atoms with Gasteiger partial charge in [-0.2, -0.15) is 0 Å². The van der Waals surface area contributed by atoms with Crippen LogP contribution in [0.15, 0.2) is 146 Å². The topological polar surface area (TPSA) is 216 Å². The molecular formula is C62H69NO19. The van der Waals surface area contributed by atoms with Crippen molar-refractivity contribution in [2.24, 2.45) is 5.41 Å². The minimum atomic E-state index is -1.35. The van der Waals surface area contributed by atoms with Gasteiger partial charge in [0.15, 0.2) is 49.8 Å². The van der Waals surface area contributed by atoms with Crippen LogP contribution in [0.25, 0.3) is 0 Å². The van der Waals surface area contributed by atoms with Crippen molar-refractivity contribution in [3.8, 4) is 0 Å². The molecule has 0 spiro atoms. The van der Waals surface area contributed by atoms with Gasteiger partial charge in [-0.1, -0.05) is 133 Å². The number of carbonyl (C=O) groups excluding carboxylic acids is 2. The Bertz CT molecular complexity index is 2860. The molecule has 0 unspecified atom stereocenters. The second kappa shape index (κ2) is 26.1. The lowest BCUT2D eigenvalue weighted by Gasteiger charge is -2.51. The third-order valence-electron chi connectivity index (χ3n) is 15.2. The molecule has 0 amide bonds. The van der Waals surface area contributed by atoms with E-state index in [4.69, 9.17) is 71.1 Å². The molecule has 0 bridgehead atoms. The van der Waals surface area contributed by atoms with Crippen LogP contribution in [0.2, 0.25) is 0 Å². The van der Waals surface area contributed by atoms with E-state index in [1.807, 2.05) is 121 Å². The summed E-state index contributed by atoms with van der Waals surface area (Å²) in [5.74, 6) is -0.569. The van der Waals surface area contributed by atoms with E-state index in [-0.39, 0.29) is 38.7 Å². The van der Waals surface area contributed by atoms with Crippen LogP contribution < -0.4 is 0 Å². The van der Waals surface area contributed by atoms with Crippen LogP contribution in [0, 0.1) is 15.5 Å². The summed E-state index contributed by atoms with van der Waals surface area (Å²) in [6.45, 7) is 7.67. The number of aryl methyl sites for hydroxylation is 1. The van der Waals surface area contributed by atoms with E-state index in [1.165, 1.54) is 12.1 Å². The molecule has 17 atom stereocenters. The molecule has 0 radical (unpaired) electrons. The number of nitro groups is 1. The SMILES string of the molecule is C[C@@H]1O[C@@H](O[C@H]2[C@H]3O[C@@H](c4ccccc4)OC[C@H]3O[C@@H](OCCCCc3ccc([N+](=O)[O-])cc3)[C@@H]2OC(=O)C(C)(C)C)[C@@H]2OC(=O)O[C@@H]2[C@H]1O[C@@H]1O[C@@H]2CO[C@@H](c3ccccc3)O[C@H]2[C@H](OCc2ccccc2)[C@@H]1OCc1ccccc1. The van der Waals surface area contributed by atoms with Gasteiger partial charge in [-0.25, -0.2) is 4.79 Å². The van der Waals surface area contributed by atoms with Crippen molar-refractivity contribution in [3.05, 3.63) is 184 Å². The lowest BCUT2D eigenvalue weighted by molar-refractivity contribution is -0.401. The number of unbranched alkanes of at least 4 members (excludes halogenated alkanes) is 1. The predicted octanol–water partition coefficient (Wildman–Crippen LogP) is 9.16. The first-order chi connectivity index (χ1) is 39.8. The van der Waals surface area contributed by atoms with E-state index >= 15 is 0 Å². The number of nitro benzene ring substituents is 1. The maximum Gasteiger partial charge on any atom is 0.509 e. The third kappa shape index (κ3) is 13.5. The van der Waals surface area contributed by atoms with Crippen LogP contribution in [0.3, 0.4) is 0 Å². The van der Waals surface area contributed by atoms with Gasteiger partial charge in [0.2, 0.25) is 0 Å². The predicted molar refractivity (Wildman–Crippen MR) is 288 cm³/mol. The molecular weight excluding hydrogens is 1060 g/mol. The molecule has 6 aliphatic heterocycles. The van der Waals surface area contributed by atoms with Crippen molar-refractivity contribution >= 4 is 17.8 Å². The van der Waals surface area contributed by atoms with Crippen molar-refractivity contribution in [1.29, 1.82) is 0 Å². The number of benzene rings is 5. The first-order valence-corrected chi connectivity index (χ1v) is 28.0. The third-order valence-corrected chi connectivity index (χ3v) is 15.2. The molecule has 6 aliphatic rings. The number of hydrogen-bond donors (Lipinski definition) is 0. The van der Waals surface area contributed by atoms with Gasteiger partial charge in [0.05, 0.1) is 42.9 Å². The molecule has 0 saturated carbocycles. The maximum atomic E-state index is 14.0. The number of rotatable bonds is 20. The maximum absolute atomic E-state index is 14.0.